The summed E-state index contributed by atoms with van der Waals surface area (Å²) in [6.07, 6.45) is 8.02. The fourth-order valence-electron chi connectivity index (χ4n) is 3.50. The predicted molar refractivity (Wildman–Crippen MR) is 68.2 cm³/mol. The van der Waals surface area contributed by atoms with Crippen LogP contribution in [-0.4, -0.2) is 11.7 Å². The van der Waals surface area contributed by atoms with Crippen molar-refractivity contribution >= 4 is 0 Å². The van der Waals surface area contributed by atoms with Crippen LogP contribution >= 0.6 is 0 Å². The Kier molecular flexibility index (Phi) is 3.25. The SMILES string of the molecule is C=C1CC/C=C(/CO)CCC2C1CC2(C)C. The minimum absolute atomic E-state index is 0.240. The number of hydrogen-bond donors (Lipinski definition) is 1. The van der Waals surface area contributed by atoms with Gasteiger partial charge in [0.05, 0.1) is 6.61 Å². The Morgan fingerprint density at radius 3 is 2.81 bits per heavy atom. The van der Waals surface area contributed by atoms with Crippen LogP contribution in [0.2, 0.25) is 0 Å². The van der Waals surface area contributed by atoms with Gasteiger partial charge in [0.25, 0.3) is 0 Å². The molecule has 2 unspecified atom stereocenters. The lowest BCUT2D eigenvalue weighted by atomic mass is 9.52. The van der Waals surface area contributed by atoms with E-state index in [0.29, 0.717) is 5.41 Å². The molecule has 0 amide bonds. The predicted octanol–water partition coefficient (Wildman–Crippen LogP) is 3.70. The zero-order chi connectivity index (χ0) is 11.8. The normalized spacial score (nSPS) is 37.2. The first kappa shape index (κ1) is 11.9. The van der Waals surface area contributed by atoms with Crippen molar-refractivity contribution in [1.29, 1.82) is 0 Å². The highest BCUT2D eigenvalue weighted by molar-refractivity contribution is 5.16. The van der Waals surface area contributed by atoms with E-state index in [4.69, 9.17) is 0 Å². The lowest BCUT2D eigenvalue weighted by Crippen LogP contribution is -2.44. The Hall–Kier alpha value is -0.560. The molecule has 0 aromatic carbocycles. The van der Waals surface area contributed by atoms with Gasteiger partial charge in [-0.05, 0) is 54.9 Å². The summed E-state index contributed by atoms with van der Waals surface area (Å²) in [5.74, 6) is 1.54. The lowest BCUT2D eigenvalue weighted by molar-refractivity contribution is 0.00350. The number of hydrogen-bond acceptors (Lipinski definition) is 1. The molecule has 90 valence electrons. The van der Waals surface area contributed by atoms with Crippen molar-refractivity contribution in [2.24, 2.45) is 17.3 Å². The van der Waals surface area contributed by atoms with Crippen molar-refractivity contribution in [3.8, 4) is 0 Å². The molecule has 0 aromatic rings. The van der Waals surface area contributed by atoms with Gasteiger partial charge in [0.1, 0.15) is 0 Å². The van der Waals surface area contributed by atoms with Crippen molar-refractivity contribution in [1.82, 2.24) is 0 Å². The van der Waals surface area contributed by atoms with Gasteiger partial charge < -0.3 is 5.11 Å². The Morgan fingerprint density at radius 1 is 1.44 bits per heavy atom. The minimum atomic E-state index is 0.240. The highest BCUT2D eigenvalue weighted by atomic mass is 16.3. The van der Waals surface area contributed by atoms with Crippen LogP contribution in [0.25, 0.3) is 0 Å². The van der Waals surface area contributed by atoms with Gasteiger partial charge in [0.2, 0.25) is 0 Å². The molecule has 16 heavy (non-hydrogen) atoms. The molecular weight excluding hydrogens is 196 g/mol. The second-order valence-corrected chi connectivity index (χ2v) is 6.16. The van der Waals surface area contributed by atoms with Crippen LogP contribution in [0.1, 0.15) is 46.0 Å². The van der Waals surface area contributed by atoms with Gasteiger partial charge in [-0.3, -0.25) is 0 Å². The smallest absolute Gasteiger partial charge is 0.0641 e. The third kappa shape index (κ3) is 2.10. The molecule has 0 bridgehead atoms. The largest absolute Gasteiger partial charge is 0.392 e. The van der Waals surface area contributed by atoms with Crippen molar-refractivity contribution in [3.05, 3.63) is 23.8 Å². The monoisotopic (exact) mass is 220 g/mol. The maximum atomic E-state index is 9.28. The Bertz CT molecular complexity index is 311. The van der Waals surface area contributed by atoms with Gasteiger partial charge >= 0.3 is 0 Å². The third-order valence-electron chi connectivity index (χ3n) is 4.64. The Morgan fingerprint density at radius 2 is 2.19 bits per heavy atom. The molecule has 2 aliphatic rings. The maximum absolute atomic E-state index is 9.28. The van der Waals surface area contributed by atoms with Gasteiger partial charge in [-0.2, -0.15) is 0 Å². The summed E-state index contributed by atoms with van der Waals surface area (Å²) in [5.41, 5.74) is 3.16. The second-order valence-electron chi connectivity index (χ2n) is 6.16. The van der Waals surface area contributed by atoms with Crippen LogP contribution in [0, 0.1) is 17.3 Å². The van der Waals surface area contributed by atoms with E-state index in [1.807, 2.05) is 0 Å². The maximum Gasteiger partial charge on any atom is 0.0641 e. The van der Waals surface area contributed by atoms with E-state index in [1.165, 1.54) is 24.0 Å². The van der Waals surface area contributed by atoms with E-state index in [-0.39, 0.29) is 6.61 Å². The molecule has 1 fully saturated rings. The standard InChI is InChI=1S/C15H24O/c1-11-5-4-6-12(10-16)7-8-14-13(11)9-15(14,2)3/h6,13-14,16H,1,4-5,7-10H2,2-3H3/b12-6+. The lowest BCUT2D eigenvalue weighted by Gasteiger charge is -2.53. The number of allylic oxidation sites excluding steroid dienone is 2. The van der Waals surface area contributed by atoms with Crippen LogP contribution in [-0.2, 0) is 0 Å². The highest BCUT2D eigenvalue weighted by Gasteiger charge is 2.47. The molecule has 0 aromatic heterocycles. The fourth-order valence-corrected chi connectivity index (χ4v) is 3.50. The number of rotatable bonds is 1. The summed E-state index contributed by atoms with van der Waals surface area (Å²) >= 11 is 0. The van der Waals surface area contributed by atoms with Crippen LogP contribution in [0.3, 0.4) is 0 Å². The van der Waals surface area contributed by atoms with Gasteiger partial charge in [0, 0.05) is 0 Å². The molecule has 0 heterocycles. The Balaban J connectivity index is 2.11. The zero-order valence-electron chi connectivity index (χ0n) is 10.6. The van der Waals surface area contributed by atoms with Crippen LogP contribution in [0.15, 0.2) is 23.8 Å². The molecule has 2 rings (SSSR count). The van der Waals surface area contributed by atoms with Gasteiger partial charge in [0.15, 0.2) is 0 Å². The zero-order valence-corrected chi connectivity index (χ0v) is 10.6. The molecule has 0 aliphatic heterocycles. The summed E-state index contributed by atoms with van der Waals surface area (Å²) in [6.45, 7) is 9.26. The van der Waals surface area contributed by atoms with Crippen molar-refractivity contribution in [2.45, 2.75) is 46.0 Å². The third-order valence-corrected chi connectivity index (χ3v) is 4.64. The summed E-state index contributed by atoms with van der Waals surface area (Å²) in [5, 5.41) is 9.28. The molecule has 2 aliphatic carbocycles. The molecule has 1 nitrogen and oxygen atoms in total. The average Bonchev–Trinajstić information content (AvgIpc) is 2.28. The fraction of sp³-hybridized carbons (Fsp3) is 0.733. The van der Waals surface area contributed by atoms with Gasteiger partial charge in [-0.15, -0.1) is 0 Å². The molecule has 0 radical (unpaired) electrons. The first-order valence-electron chi connectivity index (χ1n) is 6.51. The molecule has 1 saturated carbocycles. The van der Waals surface area contributed by atoms with E-state index in [0.717, 1.165) is 31.1 Å². The van der Waals surface area contributed by atoms with Crippen molar-refractivity contribution in [2.75, 3.05) is 6.61 Å². The average molecular weight is 220 g/mol. The number of aliphatic hydroxyl groups excluding tert-OH is 1. The quantitative estimate of drug-likeness (QED) is 0.668. The van der Waals surface area contributed by atoms with Gasteiger partial charge in [-0.1, -0.05) is 32.1 Å². The first-order valence-corrected chi connectivity index (χ1v) is 6.51. The molecule has 1 heteroatoms. The minimum Gasteiger partial charge on any atom is -0.392 e. The Labute approximate surface area is 99.3 Å². The summed E-state index contributed by atoms with van der Waals surface area (Å²) in [7, 11) is 0. The van der Waals surface area contributed by atoms with E-state index >= 15 is 0 Å². The summed E-state index contributed by atoms with van der Waals surface area (Å²) in [4.78, 5) is 0. The second kappa shape index (κ2) is 4.37. The van der Waals surface area contributed by atoms with Crippen LogP contribution in [0.4, 0.5) is 0 Å². The van der Waals surface area contributed by atoms with E-state index in [2.05, 4.69) is 26.5 Å². The molecule has 0 saturated heterocycles. The first-order chi connectivity index (χ1) is 7.54. The van der Waals surface area contributed by atoms with E-state index < -0.39 is 0 Å². The molecule has 1 N–H and O–H groups in total. The summed E-state index contributed by atoms with van der Waals surface area (Å²) < 4.78 is 0. The molecular formula is C15H24O. The van der Waals surface area contributed by atoms with Crippen molar-refractivity contribution in [3.63, 3.8) is 0 Å². The highest BCUT2D eigenvalue weighted by Crippen LogP contribution is 2.56. The number of aliphatic hydroxyl groups is 1. The van der Waals surface area contributed by atoms with E-state index in [9.17, 15) is 5.11 Å². The van der Waals surface area contributed by atoms with Crippen LogP contribution < -0.4 is 0 Å². The summed E-state index contributed by atoms with van der Waals surface area (Å²) in [6, 6.07) is 0. The van der Waals surface area contributed by atoms with E-state index in [1.54, 1.807) is 0 Å². The van der Waals surface area contributed by atoms with Gasteiger partial charge in [-0.25, -0.2) is 0 Å². The number of fused-ring (bicyclic) bond motifs is 1. The van der Waals surface area contributed by atoms with Crippen molar-refractivity contribution < 1.29 is 5.11 Å². The molecule has 0 spiro atoms. The topological polar surface area (TPSA) is 20.2 Å². The molecule has 2 atom stereocenters. The van der Waals surface area contributed by atoms with Crippen LogP contribution in [0.5, 0.6) is 0 Å².